The van der Waals surface area contributed by atoms with Crippen molar-refractivity contribution >= 4 is 57.9 Å². The number of likely N-dealkylation sites (tertiary alicyclic amines) is 1. The molecule has 6 N–H and O–H groups in total. The van der Waals surface area contributed by atoms with E-state index in [1.165, 1.54) is 37.9 Å². The first-order valence-electron chi connectivity index (χ1n) is 14.2. The molecule has 0 spiro atoms. The maximum atomic E-state index is 13.4. The van der Waals surface area contributed by atoms with Gasteiger partial charge in [0.1, 0.15) is 18.0 Å². The number of anilines is 1. The third-order valence-electron chi connectivity index (χ3n) is 8.12. The number of aliphatic carboxylic acids is 2. The summed E-state index contributed by atoms with van der Waals surface area (Å²) in [6.45, 7) is 4.96. The lowest BCUT2D eigenvalue weighted by molar-refractivity contribution is -0.912. The Kier molecular flexibility index (Phi) is 9.09. The number of hydrogen-bond donors (Lipinski definition) is 5. The van der Waals surface area contributed by atoms with Gasteiger partial charge >= 0.3 is 5.97 Å². The quantitative estimate of drug-likeness (QED) is 0.0733. The first kappa shape index (κ1) is 32.9. The highest BCUT2D eigenvalue weighted by molar-refractivity contribution is 8.00. The van der Waals surface area contributed by atoms with Crippen LogP contribution in [-0.4, -0.2) is 112 Å². The van der Waals surface area contributed by atoms with Crippen molar-refractivity contribution in [3.05, 3.63) is 45.3 Å². The van der Waals surface area contributed by atoms with Gasteiger partial charge in [-0.15, -0.1) is 11.8 Å². The summed E-state index contributed by atoms with van der Waals surface area (Å²) < 4.78 is 4.49. The van der Waals surface area contributed by atoms with Crippen molar-refractivity contribution in [2.24, 2.45) is 5.16 Å². The summed E-state index contributed by atoms with van der Waals surface area (Å²) in [7, 11) is 0. The number of quaternary nitrogens is 1. The van der Waals surface area contributed by atoms with E-state index in [4.69, 9.17) is 10.6 Å². The van der Waals surface area contributed by atoms with Crippen LogP contribution >= 0.6 is 23.3 Å². The number of rotatable bonds is 12. The van der Waals surface area contributed by atoms with E-state index in [-0.39, 0.29) is 28.2 Å². The number of aromatic hydroxyl groups is 1. The Hall–Kier alpha value is -4.49. The third-order valence-corrected chi connectivity index (χ3v) is 10.0. The van der Waals surface area contributed by atoms with Crippen LogP contribution in [0.25, 0.3) is 0 Å². The zero-order valence-electron chi connectivity index (χ0n) is 24.8. The number of oxime groups is 1. The molecule has 17 nitrogen and oxygen atoms in total. The molecule has 0 radical (unpaired) electrons. The van der Waals surface area contributed by atoms with E-state index >= 15 is 0 Å². The van der Waals surface area contributed by atoms with Gasteiger partial charge in [-0.1, -0.05) is 5.16 Å². The Morgan fingerprint density at radius 3 is 2.63 bits per heavy atom. The van der Waals surface area contributed by atoms with Crippen molar-refractivity contribution in [1.82, 2.24) is 24.6 Å². The number of nitrogens with one attached hydrogen (secondary N) is 2. The van der Waals surface area contributed by atoms with E-state index in [1.54, 1.807) is 0 Å². The molecule has 0 aliphatic carbocycles. The van der Waals surface area contributed by atoms with Crippen LogP contribution in [0.1, 0.15) is 38.2 Å². The number of fused-ring (bicyclic) bond motifs is 1. The van der Waals surface area contributed by atoms with Crippen LogP contribution in [0, 0.1) is 0 Å². The van der Waals surface area contributed by atoms with Crippen molar-refractivity contribution in [3.8, 4) is 5.75 Å². The highest BCUT2D eigenvalue weighted by Gasteiger charge is 2.54. The number of amides is 2. The van der Waals surface area contributed by atoms with Crippen LogP contribution in [0.2, 0.25) is 0 Å². The topological polar surface area (TPSA) is 253 Å². The standard InChI is InChI=1S/C27H32N8O9S2/c1-27(2,25(42)43)44-32-17(20-31-26(28)46-33-20)21(38)30-18-22(39)34-19(24(40)41)13(12-45-23(18)34)11-35(6-3-4-7-35)8-5-14-9-15(36)16(37)10-29-14/h9-10,18,23H,3-8,11-12H2,1-2H3,(H6-,28,29,30,31,32,33,36,37,38,40,41,42,43)/t18-,23+/m1/s1. The van der Waals surface area contributed by atoms with E-state index < -0.39 is 51.9 Å². The number of pyridine rings is 1. The average molecular weight is 677 g/mol. The normalized spacial score (nSPS) is 21.0. The highest BCUT2D eigenvalue weighted by Crippen LogP contribution is 2.41. The number of aromatic nitrogens is 3. The first-order chi connectivity index (χ1) is 21.7. The predicted molar refractivity (Wildman–Crippen MR) is 162 cm³/mol. The Balaban J connectivity index is 1.33. The first-order valence-corrected chi connectivity index (χ1v) is 16.1. The maximum absolute atomic E-state index is 13.4. The molecule has 2 saturated heterocycles. The number of hydrogen-bond acceptors (Lipinski definition) is 14. The number of carboxylic acids is 2. The summed E-state index contributed by atoms with van der Waals surface area (Å²) in [5, 5.41) is 36.8. The summed E-state index contributed by atoms with van der Waals surface area (Å²) in [5.74, 6) is -4.83. The number of carbonyl (C=O) groups excluding carboxylic acids is 3. The van der Waals surface area contributed by atoms with E-state index in [9.17, 15) is 39.3 Å². The molecule has 0 bridgehead atoms. The molecule has 3 aliphatic rings. The van der Waals surface area contributed by atoms with E-state index in [1.807, 2.05) is 0 Å². The van der Waals surface area contributed by atoms with Crippen LogP contribution in [-0.2, 0) is 30.4 Å². The molecule has 5 heterocycles. The van der Waals surface area contributed by atoms with Crippen LogP contribution in [0.4, 0.5) is 5.13 Å². The number of nitrogens with two attached hydrogens (primary N) is 1. The summed E-state index contributed by atoms with van der Waals surface area (Å²) in [4.78, 5) is 75.5. The molecule has 0 saturated carbocycles. The fourth-order valence-corrected chi connectivity index (χ4v) is 7.37. The van der Waals surface area contributed by atoms with Crippen molar-refractivity contribution < 1.29 is 43.8 Å². The van der Waals surface area contributed by atoms with E-state index in [2.05, 4.69) is 24.8 Å². The Bertz CT molecular complexity index is 1700. The van der Waals surface area contributed by atoms with Gasteiger partial charge in [-0.05, 0) is 13.8 Å². The molecule has 2 atom stereocenters. The number of H-pyrrole nitrogens is 1. The Morgan fingerprint density at radius 2 is 2.02 bits per heavy atom. The van der Waals surface area contributed by atoms with Crippen LogP contribution in [0.15, 0.2) is 33.5 Å². The Labute approximate surface area is 269 Å². The second-order valence-electron chi connectivity index (χ2n) is 11.7. The Morgan fingerprint density at radius 1 is 1.30 bits per heavy atom. The molecule has 2 aromatic rings. The fourth-order valence-electron chi connectivity index (χ4n) is 5.60. The van der Waals surface area contributed by atoms with E-state index in [0.717, 1.165) is 42.4 Å². The van der Waals surface area contributed by atoms with Gasteiger partial charge in [-0.2, -0.15) is 9.36 Å². The number of β-lactam (4-membered cyclic amide) rings is 1. The van der Waals surface area contributed by atoms with Gasteiger partial charge in [-0.3, -0.25) is 19.3 Å². The maximum Gasteiger partial charge on any atom is 0.350 e. The second kappa shape index (κ2) is 12.7. The number of carbonyl (C=O) groups is 4. The number of carboxylic acid groups (broad SMARTS) is 2. The third kappa shape index (κ3) is 6.56. The van der Waals surface area contributed by atoms with E-state index in [0.29, 0.717) is 35.3 Å². The lowest BCUT2D eigenvalue weighted by atomic mass is 10.0. The van der Waals surface area contributed by atoms with Gasteiger partial charge in [-0.25, -0.2) is 4.79 Å². The molecule has 5 rings (SSSR count). The largest absolute Gasteiger partial charge is 0.543 e. The number of aromatic amines is 1. The van der Waals surface area contributed by atoms with Gasteiger partial charge in [0, 0.05) is 60.1 Å². The molecule has 0 unspecified atom stereocenters. The van der Waals surface area contributed by atoms with Gasteiger partial charge in [0.15, 0.2) is 10.9 Å². The van der Waals surface area contributed by atoms with Gasteiger partial charge < -0.3 is 45.5 Å². The molecular weight excluding hydrogens is 644 g/mol. The van der Waals surface area contributed by atoms with Crippen LogP contribution in [0.5, 0.6) is 5.75 Å². The molecule has 3 aliphatic heterocycles. The minimum absolute atomic E-state index is 0.00721. The van der Waals surface area contributed by atoms with Crippen LogP contribution < -0.4 is 21.6 Å². The van der Waals surface area contributed by atoms with Crippen molar-refractivity contribution in [1.29, 1.82) is 0 Å². The van der Waals surface area contributed by atoms with Crippen LogP contribution in [0.3, 0.4) is 0 Å². The molecule has 2 fully saturated rings. The molecule has 2 aromatic heterocycles. The average Bonchev–Trinajstić information content (AvgIpc) is 3.65. The minimum atomic E-state index is -1.81. The van der Waals surface area contributed by atoms with Gasteiger partial charge in [0.2, 0.25) is 22.6 Å². The molecule has 0 aromatic carbocycles. The molecule has 2 amide bonds. The van der Waals surface area contributed by atoms with Crippen molar-refractivity contribution in [2.45, 2.75) is 50.1 Å². The van der Waals surface area contributed by atoms with Crippen molar-refractivity contribution in [2.75, 3.05) is 37.7 Å². The smallest absolute Gasteiger partial charge is 0.350 e. The fraction of sp³-hybridized carbons (Fsp3) is 0.481. The summed E-state index contributed by atoms with van der Waals surface area (Å²) in [5.41, 5.74) is 3.79. The number of nitrogen functional groups attached to an aromatic ring is 1. The summed E-state index contributed by atoms with van der Waals surface area (Å²) >= 11 is 2.05. The zero-order valence-corrected chi connectivity index (χ0v) is 26.5. The molecule has 246 valence electrons. The lowest BCUT2D eigenvalue weighted by Crippen LogP contribution is -2.72. The molecule has 46 heavy (non-hydrogen) atoms. The highest BCUT2D eigenvalue weighted by atomic mass is 32.2. The lowest BCUT2D eigenvalue weighted by Gasteiger charge is -2.51. The van der Waals surface area contributed by atoms with Gasteiger partial charge in [0.25, 0.3) is 11.8 Å². The molecule has 19 heteroatoms. The van der Waals surface area contributed by atoms with Crippen molar-refractivity contribution in [3.63, 3.8) is 0 Å². The monoisotopic (exact) mass is 676 g/mol. The SMILES string of the molecule is CC(C)(ON=C(C(=O)N[C@@H]1C(=O)N2C(C(=O)[O-])=C(C[N+]3(CCc4cc(=O)c(O)c[nH]4)CCCC3)CS[C@@H]12)c1nsc(N)n1)C(=O)O. The summed E-state index contributed by atoms with van der Waals surface area (Å²) in [6.07, 6.45) is 3.60. The number of thioether (sulfide) groups is 1. The zero-order chi connectivity index (χ0) is 33.4. The van der Waals surface area contributed by atoms with Gasteiger partial charge in [0.05, 0.1) is 31.3 Å². The minimum Gasteiger partial charge on any atom is -0.543 e. The molecular formula is C27H32N8O9S2. The predicted octanol–water partition coefficient (Wildman–Crippen LogP) is -1.64. The number of nitrogens with zero attached hydrogens (tertiary/aromatic N) is 5. The second-order valence-corrected chi connectivity index (χ2v) is 13.6. The summed E-state index contributed by atoms with van der Waals surface area (Å²) in [6, 6.07) is 0.208.